The van der Waals surface area contributed by atoms with Crippen LogP contribution in [0.5, 0.6) is 17.2 Å². The predicted octanol–water partition coefficient (Wildman–Crippen LogP) is 5.15. The van der Waals surface area contributed by atoms with Crippen LogP contribution in [0.2, 0.25) is 5.02 Å². The molecule has 1 heterocycles. The molecule has 0 atom stereocenters. The molecule has 1 aromatic heterocycles. The van der Waals surface area contributed by atoms with Crippen molar-refractivity contribution in [2.24, 2.45) is 0 Å². The molecule has 10 heteroatoms. The molecular weight excluding hydrogens is 452 g/mol. The molecule has 3 aromatic rings. The quantitative estimate of drug-likeness (QED) is 0.302. The first kappa shape index (κ1) is 23.9. The van der Waals surface area contributed by atoms with Gasteiger partial charge in [0.2, 0.25) is 0 Å². The molecule has 174 valence electrons. The lowest BCUT2D eigenvalue weighted by Crippen LogP contribution is -2.22. The first-order valence-corrected chi connectivity index (χ1v) is 10.6. The molecule has 1 N–H and O–H groups in total. The van der Waals surface area contributed by atoms with Gasteiger partial charge < -0.3 is 23.9 Å². The van der Waals surface area contributed by atoms with E-state index in [0.29, 0.717) is 30.5 Å². The lowest BCUT2D eigenvalue weighted by atomic mass is 10.2. The highest BCUT2D eigenvalue weighted by molar-refractivity contribution is 6.32. The van der Waals surface area contributed by atoms with Crippen molar-refractivity contribution >= 4 is 23.2 Å². The van der Waals surface area contributed by atoms with Crippen molar-refractivity contribution in [1.29, 1.82) is 0 Å². The van der Waals surface area contributed by atoms with Crippen molar-refractivity contribution in [2.75, 3.05) is 13.2 Å². The van der Waals surface area contributed by atoms with Crippen LogP contribution in [0.1, 0.15) is 35.7 Å². The van der Waals surface area contributed by atoms with Crippen LogP contribution in [-0.2, 0) is 13.2 Å². The van der Waals surface area contributed by atoms with Gasteiger partial charge in [0.1, 0.15) is 18.1 Å². The van der Waals surface area contributed by atoms with Gasteiger partial charge in [0.25, 0.3) is 11.6 Å². The Labute approximate surface area is 195 Å². The van der Waals surface area contributed by atoms with Crippen LogP contribution in [0.3, 0.4) is 0 Å². The Morgan fingerprint density at radius 3 is 2.48 bits per heavy atom. The highest BCUT2D eigenvalue weighted by Crippen LogP contribution is 2.30. The van der Waals surface area contributed by atoms with Gasteiger partial charge in [0, 0.05) is 12.6 Å². The third-order valence-corrected chi connectivity index (χ3v) is 4.75. The number of carbonyl (C=O) groups excluding carboxylic acids is 1. The lowest BCUT2D eigenvalue weighted by Gasteiger charge is -2.12. The number of ether oxygens (including phenoxy) is 3. The maximum absolute atomic E-state index is 12.5. The van der Waals surface area contributed by atoms with Crippen molar-refractivity contribution in [2.45, 2.75) is 27.0 Å². The number of hydrogen-bond donors (Lipinski definition) is 1. The Morgan fingerprint density at radius 2 is 1.76 bits per heavy atom. The van der Waals surface area contributed by atoms with Gasteiger partial charge >= 0.3 is 0 Å². The van der Waals surface area contributed by atoms with Crippen molar-refractivity contribution in [3.63, 3.8) is 0 Å². The number of rotatable bonds is 11. The smallest absolute Gasteiger partial charge is 0.287 e. The van der Waals surface area contributed by atoms with Crippen LogP contribution < -0.4 is 19.5 Å². The molecule has 0 saturated heterocycles. The maximum Gasteiger partial charge on any atom is 0.287 e. The highest BCUT2D eigenvalue weighted by Gasteiger charge is 2.15. The number of amides is 1. The molecule has 2 aromatic carbocycles. The molecule has 0 aliphatic carbocycles. The van der Waals surface area contributed by atoms with Gasteiger partial charge in [-0.05, 0) is 49.7 Å². The van der Waals surface area contributed by atoms with Crippen molar-refractivity contribution < 1.29 is 28.3 Å². The third kappa shape index (κ3) is 6.39. The van der Waals surface area contributed by atoms with Crippen LogP contribution in [-0.4, -0.2) is 24.0 Å². The number of nitro groups is 1. The summed E-state index contributed by atoms with van der Waals surface area (Å²) in [4.78, 5) is 22.8. The normalized spacial score (nSPS) is 10.5. The molecule has 0 bridgehead atoms. The zero-order valence-corrected chi connectivity index (χ0v) is 18.9. The van der Waals surface area contributed by atoms with Gasteiger partial charge in [-0.25, -0.2) is 0 Å². The van der Waals surface area contributed by atoms with E-state index in [1.54, 1.807) is 12.1 Å². The molecule has 0 radical (unpaired) electrons. The summed E-state index contributed by atoms with van der Waals surface area (Å²) in [6.07, 6.45) is 0. The van der Waals surface area contributed by atoms with Crippen molar-refractivity contribution in [1.82, 2.24) is 5.32 Å². The van der Waals surface area contributed by atoms with E-state index >= 15 is 0 Å². The van der Waals surface area contributed by atoms with E-state index < -0.39 is 10.8 Å². The number of halogens is 1. The summed E-state index contributed by atoms with van der Waals surface area (Å²) in [5.41, 5.74) is 0.696. The second-order valence-electron chi connectivity index (χ2n) is 6.76. The molecule has 9 nitrogen and oxygen atoms in total. The number of hydrogen-bond acceptors (Lipinski definition) is 7. The summed E-state index contributed by atoms with van der Waals surface area (Å²) in [5, 5.41) is 13.9. The van der Waals surface area contributed by atoms with E-state index in [1.807, 2.05) is 26.0 Å². The van der Waals surface area contributed by atoms with Crippen molar-refractivity contribution in [3.8, 4) is 17.2 Å². The van der Waals surface area contributed by atoms with E-state index in [-0.39, 0.29) is 35.4 Å². The SMILES string of the molecule is CCOc1ccc(CNC(=O)c2ccc(COc3cc([N+](=O)[O-])ccc3Cl)o2)cc1OCC. The van der Waals surface area contributed by atoms with Crippen LogP contribution in [0.4, 0.5) is 5.69 Å². The van der Waals surface area contributed by atoms with E-state index in [0.717, 1.165) is 5.56 Å². The maximum atomic E-state index is 12.5. The molecule has 3 rings (SSSR count). The number of benzene rings is 2. The summed E-state index contributed by atoms with van der Waals surface area (Å²) >= 11 is 6.02. The Balaban J connectivity index is 1.58. The fourth-order valence-corrected chi connectivity index (χ4v) is 3.09. The molecule has 1 amide bonds. The molecule has 33 heavy (non-hydrogen) atoms. The van der Waals surface area contributed by atoms with Crippen LogP contribution in [0.15, 0.2) is 52.9 Å². The zero-order chi connectivity index (χ0) is 23.8. The number of nitrogens with one attached hydrogen (secondary N) is 1. The summed E-state index contributed by atoms with van der Waals surface area (Å²) in [5.74, 6) is 1.48. The topological polar surface area (TPSA) is 113 Å². The third-order valence-electron chi connectivity index (χ3n) is 4.44. The van der Waals surface area contributed by atoms with Gasteiger partial charge in [0.05, 0.1) is 29.2 Å². The van der Waals surface area contributed by atoms with Crippen molar-refractivity contribution in [3.05, 3.63) is 80.8 Å². The number of nitrogens with zero attached hydrogens (tertiary/aromatic N) is 1. The lowest BCUT2D eigenvalue weighted by molar-refractivity contribution is -0.384. The summed E-state index contributed by atoms with van der Waals surface area (Å²) in [7, 11) is 0. The van der Waals surface area contributed by atoms with E-state index in [9.17, 15) is 14.9 Å². The minimum Gasteiger partial charge on any atom is -0.490 e. The number of furan rings is 1. The number of nitro benzene ring substituents is 1. The molecule has 0 saturated carbocycles. The molecular formula is C23H23ClN2O7. The van der Waals surface area contributed by atoms with Crippen LogP contribution >= 0.6 is 11.6 Å². The Hall–Kier alpha value is -3.72. The van der Waals surface area contributed by atoms with Gasteiger partial charge in [-0.15, -0.1) is 0 Å². The predicted molar refractivity (Wildman–Crippen MR) is 121 cm³/mol. The molecule has 0 spiro atoms. The molecule has 0 fully saturated rings. The number of carbonyl (C=O) groups is 1. The fraction of sp³-hybridized carbons (Fsp3) is 0.261. The Kier molecular flexibility index (Phi) is 8.15. The Bertz CT molecular complexity index is 1130. The first-order valence-electron chi connectivity index (χ1n) is 10.2. The molecule has 0 aliphatic heterocycles. The molecule has 0 aliphatic rings. The standard InChI is InChI=1S/C23H23ClN2O7/c1-3-30-19-9-5-15(11-22(19)31-4-2)13-25-23(27)20-10-7-17(33-20)14-32-21-12-16(26(28)29)6-8-18(21)24/h5-12H,3-4,13-14H2,1-2H3,(H,25,27). The number of non-ortho nitro benzene ring substituents is 1. The van der Waals surface area contributed by atoms with E-state index in [4.69, 9.17) is 30.2 Å². The van der Waals surface area contributed by atoms with E-state index in [1.165, 1.54) is 24.3 Å². The highest BCUT2D eigenvalue weighted by atomic mass is 35.5. The first-order chi connectivity index (χ1) is 15.9. The Morgan fingerprint density at radius 1 is 1.00 bits per heavy atom. The van der Waals surface area contributed by atoms with Gasteiger partial charge in [-0.3, -0.25) is 14.9 Å². The minimum absolute atomic E-state index is 0.0508. The van der Waals surface area contributed by atoms with Crippen LogP contribution in [0.25, 0.3) is 0 Å². The van der Waals surface area contributed by atoms with E-state index in [2.05, 4.69) is 5.32 Å². The van der Waals surface area contributed by atoms with Gasteiger partial charge in [0.15, 0.2) is 17.3 Å². The van der Waals surface area contributed by atoms with Gasteiger partial charge in [-0.2, -0.15) is 0 Å². The summed E-state index contributed by atoms with van der Waals surface area (Å²) in [6, 6.07) is 12.5. The van der Waals surface area contributed by atoms with Gasteiger partial charge in [-0.1, -0.05) is 17.7 Å². The second kappa shape index (κ2) is 11.2. The second-order valence-corrected chi connectivity index (χ2v) is 7.16. The molecule has 0 unspecified atom stereocenters. The summed E-state index contributed by atoms with van der Waals surface area (Å²) in [6.45, 7) is 5.01. The zero-order valence-electron chi connectivity index (χ0n) is 18.1. The average Bonchev–Trinajstić information content (AvgIpc) is 3.28. The fourth-order valence-electron chi connectivity index (χ4n) is 2.92. The minimum atomic E-state index is -0.541. The monoisotopic (exact) mass is 474 g/mol. The summed E-state index contributed by atoms with van der Waals surface area (Å²) < 4.78 is 22.2. The largest absolute Gasteiger partial charge is 0.490 e. The van der Waals surface area contributed by atoms with Crippen LogP contribution in [0, 0.1) is 10.1 Å². The average molecular weight is 475 g/mol.